The normalized spacial score (nSPS) is 15.0. The van der Waals surface area contributed by atoms with E-state index in [9.17, 15) is 13.2 Å². The van der Waals surface area contributed by atoms with Gasteiger partial charge in [0.2, 0.25) is 10.0 Å². The van der Waals surface area contributed by atoms with Gasteiger partial charge in [0, 0.05) is 6.54 Å². The lowest BCUT2D eigenvalue weighted by molar-refractivity contribution is 0.102. The van der Waals surface area contributed by atoms with Gasteiger partial charge in [0.1, 0.15) is 11.5 Å². The molecule has 1 aliphatic rings. The minimum atomic E-state index is -3.33. The Morgan fingerprint density at radius 3 is 2.47 bits per heavy atom. The summed E-state index contributed by atoms with van der Waals surface area (Å²) in [5.41, 5.74) is 1.13. The van der Waals surface area contributed by atoms with E-state index in [1.54, 1.807) is 54.6 Å². The Balaban J connectivity index is 1.60. The molecule has 1 aliphatic heterocycles. The number of nitrogens with zero attached hydrogens (tertiary/aromatic N) is 1. The number of carbonyl (C=O) groups excluding carboxylic acids is 1. The van der Waals surface area contributed by atoms with Crippen LogP contribution in [0.1, 0.15) is 16.8 Å². The van der Waals surface area contributed by atoms with E-state index >= 15 is 0 Å². The number of benzene rings is 3. The Hall–Kier alpha value is -3.03. The molecule has 30 heavy (non-hydrogen) atoms. The van der Waals surface area contributed by atoms with Gasteiger partial charge in [-0.15, -0.1) is 0 Å². The fourth-order valence-corrected chi connectivity index (χ4v) is 4.96. The Bertz CT molecular complexity index is 1180. The molecule has 1 fully saturated rings. The molecule has 0 saturated carbocycles. The van der Waals surface area contributed by atoms with Crippen LogP contribution in [0.3, 0.4) is 0 Å². The number of hydrogen-bond donors (Lipinski definition) is 1. The number of para-hydroxylation sites is 2. The van der Waals surface area contributed by atoms with Crippen LogP contribution in [-0.4, -0.2) is 26.6 Å². The highest BCUT2D eigenvalue weighted by molar-refractivity contribution is 7.93. The number of halogens is 1. The van der Waals surface area contributed by atoms with Crippen LogP contribution >= 0.6 is 11.6 Å². The fourth-order valence-electron chi connectivity index (χ4n) is 3.24. The van der Waals surface area contributed by atoms with Gasteiger partial charge >= 0.3 is 0 Å². The van der Waals surface area contributed by atoms with Crippen LogP contribution < -0.4 is 14.4 Å². The van der Waals surface area contributed by atoms with Crippen molar-refractivity contribution in [2.45, 2.75) is 6.42 Å². The molecule has 0 aliphatic carbocycles. The first kappa shape index (κ1) is 20.3. The molecule has 3 aromatic rings. The molecule has 0 bridgehead atoms. The van der Waals surface area contributed by atoms with Crippen molar-refractivity contribution in [3.8, 4) is 11.5 Å². The fraction of sp³-hybridized carbons (Fsp3) is 0.136. The van der Waals surface area contributed by atoms with Gasteiger partial charge in [0.05, 0.1) is 27.7 Å². The molecule has 6 nitrogen and oxygen atoms in total. The highest BCUT2D eigenvalue weighted by atomic mass is 35.5. The summed E-state index contributed by atoms with van der Waals surface area (Å²) in [6.45, 7) is 0.408. The standard InChI is InChI=1S/C22H19ClN2O4S/c23-19-12-11-16(25-13-6-14-30(25,27)28)15-20(19)24-22(26)18-9-4-5-10-21(18)29-17-7-2-1-3-8-17/h1-5,7-12,15H,6,13-14H2,(H,24,26). The van der Waals surface area contributed by atoms with Crippen molar-refractivity contribution in [1.29, 1.82) is 0 Å². The Kier molecular flexibility index (Phi) is 5.65. The van der Waals surface area contributed by atoms with Gasteiger partial charge in [-0.2, -0.15) is 0 Å². The zero-order chi connectivity index (χ0) is 21.1. The molecule has 154 valence electrons. The van der Waals surface area contributed by atoms with Crippen LogP contribution in [0.25, 0.3) is 0 Å². The second kappa shape index (κ2) is 8.38. The van der Waals surface area contributed by atoms with Gasteiger partial charge in [0.15, 0.2) is 0 Å². The van der Waals surface area contributed by atoms with Crippen LogP contribution in [0.5, 0.6) is 11.5 Å². The van der Waals surface area contributed by atoms with Crippen molar-refractivity contribution >= 4 is 38.9 Å². The molecule has 4 rings (SSSR count). The van der Waals surface area contributed by atoms with Crippen molar-refractivity contribution < 1.29 is 17.9 Å². The SMILES string of the molecule is O=C(Nc1cc(N2CCCS2(=O)=O)ccc1Cl)c1ccccc1Oc1ccccc1. The van der Waals surface area contributed by atoms with Gasteiger partial charge in [0.25, 0.3) is 5.91 Å². The molecule has 1 amide bonds. The van der Waals surface area contributed by atoms with Crippen molar-refractivity contribution in [2.24, 2.45) is 0 Å². The summed E-state index contributed by atoms with van der Waals surface area (Å²) < 4.78 is 31.6. The molecular formula is C22H19ClN2O4S. The van der Waals surface area contributed by atoms with Gasteiger partial charge in [-0.3, -0.25) is 9.10 Å². The van der Waals surface area contributed by atoms with Crippen molar-refractivity contribution in [1.82, 2.24) is 0 Å². The molecular weight excluding hydrogens is 424 g/mol. The second-order valence-corrected chi connectivity index (χ2v) is 9.19. The third kappa shape index (κ3) is 4.27. The minimum absolute atomic E-state index is 0.113. The lowest BCUT2D eigenvalue weighted by atomic mass is 10.1. The van der Waals surface area contributed by atoms with E-state index in [-0.39, 0.29) is 5.75 Å². The van der Waals surface area contributed by atoms with E-state index in [4.69, 9.17) is 16.3 Å². The molecule has 1 heterocycles. The first-order valence-electron chi connectivity index (χ1n) is 9.37. The van der Waals surface area contributed by atoms with E-state index in [1.165, 1.54) is 4.31 Å². The molecule has 0 spiro atoms. The van der Waals surface area contributed by atoms with Crippen LogP contribution in [0.2, 0.25) is 5.02 Å². The molecule has 0 radical (unpaired) electrons. The average molecular weight is 443 g/mol. The second-order valence-electron chi connectivity index (χ2n) is 6.77. The molecule has 1 saturated heterocycles. The van der Waals surface area contributed by atoms with E-state index in [0.29, 0.717) is 46.4 Å². The third-order valence-electron chi connectivity index (χ3n) is 4.69. The first-order valence-corrected chi connectivity index (χ1v) is 11.4. The highest BCUT2D eigenvalue weighted by Crippen LogP contribution is 2.32. The summed E-state index contributed by atoms with van der Waals surface area (Å²) in [5, 5.41) is 3.08. The number of amides is 1. The van der Waals surface area contributed by atoms with Gasteiger partial charge in [-0.25, -0.2) is 8.42 Å². The minimum Gasteiger partial charge on any atom is -0.457 e. The summed E-state index contributed by atoms with van der Waals surface area (Å²) in [6, 6.07) is 20.8. The van der Waals surface area contributed by atoms with Crippen LogP contribution in [0, 0.1) is 0 Å². The maximum absolute atomic E-state index is 13.0. The van der Waals surface area contributed by atoms with E-state index in [0.717, 1.165) is 0 Å². The van der Waals surface area contributed by atoms with Crippen molar-refractivity contribution in [2.75, 3.05) is 21.9 Å². The van der Waals surface area contributed by atoms with Crippen LogP contribution in [0.15, 0.2) is 72.8 Å². The summed E-state index contributed by atoms with van der Waals surface area (Å²) in [6.07, 6.45) is 0.566. The third-order valence-corrected chi connectivity index (χ3v) is 6.89. The maximum Gasteiger partial charge on any atom is 0.259 e. The molecule has 0 unspecified atom stereocenters. The summed E-state index contributed by atoms with van der Waals surface area (Å²) in [7, 11) is -3.33. The Labute approximate surface area is 180 Å². The summed E-state index contributed by atoms with van der Waals surface area (Å²) in [5.74, 6) is 0.708. The number of ether oxygens (including phenoxy) is 1. The number of hydrogen-bond acceptors (Lipinski definition) is 4. The first-order chi connectivity index (χ1) is 14.4. The lowest BCUT2D eigenvalue weighted by Crippen LogP contribution is -2.25. The molecule has 0 aromatic heterocycles. The summed E-state index contributed by atoms with van der Waals surface area (Å²) >= 11 is 6.26. The maximum atomic E-state index is 13.0. The Morgan fingerprint density at radius 2 is 1.73 bits per heavy atom. The monoisotopic (exact) mass is 442 g/mol. The number of rotatable bonds is 5. The zero-order valence-corrected chi connectivity index (χ0v) is 17.5. The molecule has 0 atom stereocenters. The molecule has 3 aromatic carbocycles. The number of sulfonamides is 1. The largest absolute Gasteiger partial charge is 0.457 e. The molecule has 8 heteroatoms. The van der Waals surface area contributed by atoms with E-state index < -0.39 is 15.9 Å². The smallest absolute Gasteiger partial charge is 0.259 e. The number of nitrogens with one attached hydrogen (secondary N) is 1. The topological polar surface area (TPSA) is 75.7 Å². The van der Waals surface area contributed by atoms with Crippen LogP contribution in [-0.2, 0) is 10.0 Å². The van der Waals surface area contributed by atoms with Gasteiger partial charge in [-0.1, -0.05) is 41.9 Å². The zero-order valence-electron chi connectivity index (χ0n) is 15.9. The van der Waals surface area contributed by atoms with Crippen molar-refractivity contribution in [3.63, 3.8) is 0 Å². The number of anilines is 2. The lowest BCUT2D eigenvalue weighted by Gasteiger charge is -2.19. The van der Waals surface area contributed by atoms with Crippen molar-refractivity contribution in [3.05, 3.63) is 83.4 Å². The quantitative estimate of drug-likeness (QED) is 0.608. The van der Waals surface area contributed by atoms with Gasteiger partial charge < -0.3 is 10.1 Å². The molecule has 1 N–H and O–H groups in total. The van der Waals surface area contributed by atoms with E-state index in [1.807, 2.05) is 18.2 Å². The Morgan fingerprint density at radius 1 is 1.00 bits per heavy atom. The van der Waals surface area contributed by atoms with Crippen LogP contribution in [0.4, 0.5) is 11.4 Å². The summed E-state index contributed by atoms with van der Waals surface area (Å²) in [4.78, 5) is 13.0. The highest BCUT2D eigenvalue weighted by Gasteiger charge is 2.29. The predicted octanol–water partition coefficient (Wildman–Crippen LogP) is 4.92. The van der Waals surface area contributed by atoms with E-state index in [2.05, 4.69) is 5.32 Å². The average Bonchev–Trinajstić information content (AvgIpc) is 3.10. The predicted molar refractivity (Wildman–Crippen MR) is 118 cm³/mol. The number of carbonyl (C=O) groups is 1. The van der Waals surface area contributed by atoms with Gasteiger partial charge in [-0.05, 0) is 48.9 Å².